The molecule has 0 heterocycles. The van der Waals surface area contributed by atoms with Crippen molar-refractivity contribution in [3.05, 3.63) is 59.2 Å². The summed E-state index contributed by atoms with van der Waals surface area (Å²) in [5.41, 5.74) is 7.11. The molecule has 132 valence electrons. The molecule has 0 bridgehead atoms. The van der Waals surface area contributed by atoms with Crippen LogP contribution in [-0.2, 0) is 4.79 Å². The average Bonchev–Trinajstić information content (AvgIpc) is 2.59. The van der Waals surface area contributed by atoms with Gasteiger partial charge < -0.3 is 9.47 Å². The zero-order chi connectivity index (χ0) is 18.2. The second kappa shape index (κ2) is 8.73. The van der Waals surface area contributed by atoms with Crippen molar-refractivity contribution in [3.63, 3.8) is 0 Å². The monoisotopic (exact) mass is 342 g/mol. The van der Waals surface area contributed by atoms with Gasteiger partial charge in [0.15, 0.2) is 6.61 Å². The quantitative estimate of drug-likeness (QED) is 0.791. The van der Waals surface area contributed by atoms with Crippen LogP contribution in [0.5, 0.6) is 11.5 Å². The Hall–Kier alpha value is -3.02. The first-order valence-corrected chi connectivity index (χ1v) is 8.02. The van der Waals surface area contributed by atoms with Gasteiger partial charge >= 0.3 is 0 Å². The Morgan fingerprint density at radius 1 is 0.960 bits per heavy atom. The minimum absolute atomic E-state index is 0.197. The second-order valence-electron chi connectivity index (χ2n) is 5.49. The summed E-state index contributed by atoms with van der Waals surface area (Å²) in [5.74, 6) is 0.183. The molecule has 0 saturated carbocycles. The van der Waals surface area contributed by atoms with E-state index in [0.717, 1.165) is 11.1 Å². The highest BCUT2D eigenvalue weighted by atomic mass is 16.5. The Morgan fingerprint density at radius 3 is 2.44 bits per heavy atom. The van der Waals surface area contributed by atoms with Crippen LogP contribution in [0.3, 0.4) is 0 Å². The van der Waals surface area contributed by atoms with Gasteiger partial charge in [-0.15, -0.1) is 0 Å². The minimum Gasteiger partial charge on any atom is -0.493 e. The molecule has 0 aliphatic rings. The highest BCUT2D eigenvalue weighted by Crippen LogP contribution is 2.19. The van der Waals surface area contributed by atoms with Crippen LogP contribution >= 0.6 is 0 Å². The van der Waals surface area contributed by atoms with E-state index in [9.17, 15) is 9.59 Å². The molecule has 25 heavy (non-hydrogen) atoms. The van der Waals surface area contributed by atoms with Gasteiger partial charge in [-0.2, -0.15) is 0 Å². The summed E-state index contributed by atoms with van der Waals surface area (Å²) in [6.07, 6.45) is 0. The summed E-state index contributed by atoms with van der Waals surface area (Å²) >= 11 is 0. The number of hydrogen-bond donors (Lipinski definition) is 2. The van der Waals surface area contributed by atoms with Gasteiger partial charge in [0.2, 0.25) is 0 Å². The van der Waals surface area contributed by atoms with E-state index in [-0.39, 0.29) is 6.61 Å². The Balaban J connectivity index is 1.86. The summed E-state index contributed by atoms with van der Waals surface area (Å²) < 4.78 is 10.9. The van der Waals surface area contributed by atoms with Gasteiger partial charge in [0.25, 0.3) is 11.8 Å². The highest BCUT2D eigenvalue weighted by molar-refractivity contribution is 5.97. The van der Waals surface area contributed by atoms with Crippen molar-refractivity contribution in [2.45, 2.75) is 20.8 Å². The number of aryl methyl sites for hydroxylation is 2. The number of para-hydroxylation sites is 1. The molecule has 0 saturated heterocycles. The zero-order valence-corrected chi connectivity index (χ0v) is 14.6. The lowest BCUT2D eigenvalue weighted by Gasteiger charge is -2.12. The van der Waals surface area contributed by atoms with Crippen LogP contribution in [0.2, 0.25) is 0 Å². The van der Waals surface area contributed by atoms with Crippen molar-refractivity contribution in [2.24, 2.45) is 0 Å². The lowest BCUT2D eigenvalue weighted by Crippen LogP contribution is -2.44. The lowest BCUT2D eigenvalue weighted by molar-refractivity contribution is -0.123. The molecule has 0 radical (unpaired) electrons. The van der Waals surface area contributed by atoms with Crippen LogP contribution in [0, 0.1) is 13.8 Å². The molecule has 0 aromatic heterocycles. The van der Waals surface area contributed by atoms with E-state index in [1.165, 1.54) is 0 Å². The maximum absolute atomic E-state index is 12.2. The van der Waals surface area contributed by atoms with Gasteiger partial charge in [-0.3, -0.25) is 20.4 Å². The van der Waals surface area contributed by atoms with Gasteiger partial charge in [0.05, 0.1) is 12.2 Å². The Morgan fingerprint density at radius 2 is 1.72 bits per heavy atom. The molecule has 2 rings (SSSR count). The van der Waals surface area contributed by atoms with Crippen molar-refractivity contribution in [1.82, 2.24) is 10.9 Å². The summed E-state index contributed by atoms with van der Waals surface area (Å²) in [7, 11) is 0. The highest BCUT2D eigenvalue weighted by Gasteiger charge is 2.13. The van der Waals surface area contributed by atoms with Crippen LogP contribution in [0.1, 0.15) is 28.4 Å². The molecule has 0 spiro atoms. The van der Waals surface area contributed by atoms with Gasteiger partial charge in [0, 0.05) is 0 Å². The third kappa shape index (κ3) is 5.24. The number of hydrazine groups is 1. The van der Waals surface area contributed by atoms with Gasteiger partial charge in [-0.25, -0.2) is 0 Å². The number of benzene rings is 2. The molecule has 2 amide bonds. The number of carbonyl (C=O) groups is 2. The Bertz CT molecular complexity index is 759. The van der Waals surface area contributed by atoms with Gasteiger partial charge in [0.1, 0.15) is 11.5 Å². The number of hydrogen-bond acceptors (Lipinski definition) is 4. The van der Waals surface area contributed by atoms with Crippen molar-refractivity contribution in [3.8, 4) is 11.5 Å². The first-order chi connectivity index (χ1) is 12.0. The number of rotatable bonds is 6. The van der Waals surface area contributed by atoms with Crippen molar-refractivity contribution in [1.29, 1.82) is 0 Å². The first kappa shape index (κ1) is 18.3. The van der Waals surface area contributed by atoms with E-state index in [0.29, 0.717) is 23.7 Å². The number of ether oxygens (including phenoxy) is 2. The van der Waals surface area contributed by atoms with E-state index < -0.39 is 11.8 Å². The molecule has 6 heteroatoms. The SMILES string of the molecule is CCOc1ccccc1C(=O)NNC(=O)COc1ccc(C)cc1C. The second-order valence-corrected chi connectivity index (χ2v) is 5.49. The van der Waals surface area contributed by atoms with E-state index in [1.54, 1.807) is 24.3 Å². The van der Waals surface area contributed by atoms with E-state index in [2.05, 4.69) is 10.9 Å². The fraction of sp³-hybridized carbons (Fsp3) is 0.263. The van der Waals surface area contributed by atoms with Crippen LogP contribution in [0.25, 0.3) is 0 Å². The zero-order valence-electron chi connectivity index (χ0n) is 14.6. The largest absolute Gasteiger partial charge is 0.493 e. The van der Waals surface area contributed by atoms with Crippen LogP contribution in [0.4, 0.5) is 0 Å². The summed E-state index contributed by atoms with van der Waals surface area (Å²) in [6.45, 7) is 5.98. The number of nitrogens with one attached hydrogen (secondary N) is 2. The molecule has 0 unspecified atom stereocenters. The van der Waals surface area contributed by atoms with E-state index >= 15 is 0 Å². The summed E-state index contributed by atoms with van der Waals surface area (Å²) in [6, 6.07) is 12.5. The topological polar surface area (TPSA) is 76.7 Å². The van der Waals surface area contributed by atoms with E-state index in [1.807, 2.05) is 39.0 Å². The molecule has 0 atom stereocenters. The summed E-state index contributed by atoms with van der Waals surface area (Å²) in [5, 5.41) is 0. The molecule has 2 N–H and O–H groups in total. The van der Waals surface area contributed by atoms with Gasteiger partial charge in [-0.1, -0.05) is 29.8 Å². The Labute approximate surface area is 147 Å². The minimum atomic E-state index is -0.456. The number of amides is 2. The molecule has 0 aliphatic heterocycles. The van der Waals surface area contributed by atoms with Gasteiger partial charge in [-0.05, 0) is 44.5 Å². The van der Waals surface area contributed by atoms with Crippen molar-refractivity contribution < 1.29 is 19.1 Å². The third-order valence-corrected chi connectivity index (χ3v) is 3.44. The van der Waals surface area contributed by atoms with Crippen LogP contribution in [-0.4, -0.2) is 25.0 Å². The summed E-state index contributed by atoms with van der Waals surface area (Å²) in [4.78, 5) is 24.0. The fourth-order valence-electron chi connectivity index (χ4n) is 2.27. The van der Waals surface area contributed by atoms with Crippen LogP contribution in [0.15, 0.2) is 42.5 Å². The molecular formula is C19H22N2O4. The molecular weight excluding hydrogens is 320 g/mol. The van der Waals surface area contributed by atoms with Crippen molar-refractivity contribution >= 4 is 11.8 Å². The maximum atomic E-state index is 12.2. The maximum Gasteiger partial charge on any atom is 0.276 e. The smallest absolute Gasteiger partial charge is 0.276 e. The Kier molecular flexibility index (Phi) is 6.39. The first-order valence-electron chi connectivity index (χ1n) is 8.02. The average molecular weight is 342 g/mol. The van der Waals surface area contributed by atoms with Crippen molar-refractivity contribution in [2.75, 3.05) is 13.2 Å². The predicted octanol–water partition coefficient (Wildman–Crippen LogP) is 2.54. The molecule has 2 aromatic rings. The standard InChI is InChI=1S/C19H22N2O4/c1-4-24-17-8-6-5-7-15(17)19(23)21-20-18(22)12-25-16-10-9-13(2)11-14(16)3/h5-11H,4,12H2,1-3H3,(H,20,22)(H,21,23). The fourth-order valence-corrected chi connectivity index (χ4v) is 2.27. The van der Waals surface area contributed by atoms with Crippen LogP contribution < -0.4 is 20.3 Å². The molecule has 2 aromatic carbocycles. The molecule has 0 fully saturated rings. The molecule has 0 aliphatic carbocycles. The number of carbonyl (C=O) groups excluding carboxylic acids is 2. The van der Waals surface area contributed by atoms with E-state index in [4.69, 9.17) is 9.47 Å². The lowest BCUT2D eigenvalue weighted by atomic mass is 10.1. The normalized spacial score (nSPS) is 10.0. The predicted molar refractivity (Wildman–Crippen MR) is 94.6 cm³/mol. The third-order valence-electron chi connectivity index (χ3n) is 3.44. The molecule has 6 nitrogen and oxygen atoms in total.